The van der Waals surface area contributed by atoms with Crippen LogP contribution in [0.5, 0.6) is 5.75 Å². The third-order valence-electron chi connectivity index (χ3n) is 5.87. The number of carbonyl (C=O) groups excluding carboxylic acids is 2. The summed E-state index contributed by atoms with van der Waals surface area (Å²) in [5.41, 5.74) is 1.78. The molecule has 7 heteroatoms. The quantitative estimate of drug-likeness (QED) is 0.864. The van der Waals surface area contributed by atoms with E-state index in [2.05, 4.69) is 10.3 Å². The van der Waals surface area contributed by atoms with E-state index >= 15 is 0 Å². The van der Waals surface area contributed by atoms with Crippen LogP contribution in [0.3, 0.4) is 0 Å². The molecule has 2 aliphatic rings. The van der Waals surface area contributed by atoms with E-state index in [9.17, 15) is 14.0 Å². The highest BCUT2D eigenvalue weighted by molar-refractivity contribution is 5.94. The fourth-order valence-electron chi connectivity index (χ4n) is 4.12. The maximum absolute atomic E-state index is 13.6. The van der Waals surface area contributed by atoms with Crippen molar-refractivity contribution in [3.05, 3.63) is 59.2 Å². The molecule has 1 spiro atoms. The molecule has 152 valence electrons. The first kappa shape index (κ1) is 19.4. The van der Waals surface area contributed by atoms with E-state index in [1.54, 1.807) is 31.4 Å². The third kappa shape index (κ3) is 4.09. The second kappa shape index (κ2) is 7.81. The molecule has 1 aromatic carbocycles. The van der Waals surface area contributed by atoms with Crippen LogP contribution in [-0.2, 0) is 17.6 Å². The van der Waals surface area contributed by atoms with Gasteiger partial charge in [0.15, 0.2) is 0 Å². The standard InChI is InChI=1S/C22H24FN3O3/c1-24-21(28)16-5-9-25-18(12-16)14-20(27)26-10-7-22(8-11-26)6-4-15-2-3-17(23)13-19(15)29-22/h2-3,5,9,12-13H,4,6-8,10-11,14H2,1H3,(H,24,28). The number of aromatic nitrogens is 1. The predicted molar refractivity (Wildman–Crippen MR) is 105 cm³/mol. The molecule has 1 fully saturated rings. The number of fused-ring (bicyclic) bond motifs is 1. The lowest BCUT2D eigenvalue weighted by molar-refractivity contribution is -0.134. The Morgan fingerprint density at radius 2 is 2.00 bits per heavy atom. The maximum Gasteiger partial charge on any atom is 0.251 e. The normalized spacial score (nSPS) is 17.4. The highest BCUT2D eigenvalue weighted by Gasteiger charge is 2.40. The molecule has 0 aliphatic carbocycles. The van der Waals surface area contributed by atoms with Gasteiger partial charge in [-0.1, -0.05) is 6.07 Å². The molecule has 29 heavy (non-hydrogen) atoms. The van der Waals surface area contributed by atoms with Crippen LogP contribution in [0.4, 0.5) is 4.39 Å². The minimum Gasteiger partial charge on any atom is -0.487 e. The highest BCUT2D eigenvalue weighted by Crippen LogP contribution is 2.39. The molecule has 0 radical (unpaired) electrons. The van der Waals surface area contributed by atoms with Gasteiger partial charge in [0.25, 0.3) is 5.91 Å². The van der Waals surface area contributed by atoms with E-state index < -0.39 is 0 Å². The van der Waals surface area contributed by atoms with Crippen molar-refractivity contribution in [2.45, 2.75) is 37.7 Å². The Labute approximate surface area is 169 Å². The molecule has 0 bridgehead atoms. The van der Waals surface area contributed by atoms with Gasteiger partial charge in [-0.3, -0.25) is 14.6 Å². The molecule has 0 unspecified atom stereocenters. The van der Waals surface area contributed by atoms with E-state index in [0.717, 1.165) is 31.2 Å². The number of hydrogen-bond acceptors (Lipinski definition) is 4. The zero-order valence-electron chi connectivity index (χ0n) is 16.4. The Morgan fingerprint density at radius 1 is 1.21 bits per heavy atom. The molecular weight excluding hydrogens is 373 g/mol. The SMILES string of the molecule is CNC(=O)c1ccnc(CC(=O)N2CCC3(CCc4ccc(F)cc4O3)CC2)c1. The van der Waals surface area contributed by atoms with Crippen molar-refractivity contribution < 1.29 is 18.7 Å². The zero-order chi connectivity index (χ0) is 20.4. The molecule has 2 aromatic rings. The largest absolute Gasteiger partial charge is 0.487 e. The van der Waals surface area contributed by atoms with Crippen LogP contribution in [0, 0.1) is 5.82 Å². The van der Waals surface area contributed by atoms with Gasteiger partial charge in [0.2, 0.25) is 5.91 Å². The second-order valence-corrected chi connectivity index (χ2v) is 7.71. The van der Waals surface area contributed by atoms with Crippen molar-refractivity contribution in [1.29, 1.82) is 0 Å². The number of nitrogens with zero attached hydrogens (tertiary/aromatic N) is 2. The van der Waals surface area contributed by atoms with Crippen molar-refractivity contribution in [1.82, 2.24) is 15.2 Å². The monoisotopic (exact) mass is 397 g/mol. The number of carbonyl (C=O) groups is 2. The Kier molecular flexibility index (Phi) is 5.22. The van der Waals surface area contributed by atoms with Crippen LogP contribution < -0.4 is 10.1 Å². The number of piperidine rings is 1. The van der Waals surface area contributed by atoms with Crippen molar-refractivity contribution in [2.75, 3.05) is 20.1 Å². The van der Waals surface area contributed by atoms with Gasteiger partial charge in [-0.25, -0.2) is 4.39 Å². The molecular formula is C22H24FN3O3. The van der Waals surface area contributed by atoms with Crippen LogP contribution >= 0.6 is 0 Å². The van der Waals surface area contributed by atoms with Crippen LogP contribution in [-0.4, -0.2) is 47.4 Å². The van der Waals surface area contributed by atoms with E-state index in [0.29, 0.717) is 30.1 Å². The Balaban J connectivity index is 1.37. The number of pyridine rings is 1. The molecule has 1 N–H and O–H groups in total. The summed E-state index contributed by atoms with van der Waals surface area (Å²) in [5, 5.41) is 2.57. The van der Waals surface area contributed by atoms with E-state index in [4.69, 9.17) is 4.74 Å². The summed E-state index contributed by atoms with van der Waals surface area (Å²) in [6, 6.07) is 7.99. The Bertz CT molecular complexity index is 939. The summed E-state index contributed by atoms with van der Waals surface area (Å²) in [6.07, 6.45) is 4.89. The molecule has 0 saturated carbocycles. The fourth-order valence-corrected chi connectivity index (χ4v) is 4.12. The van der Waals surface area contributed by atoms with Crippen molar-refractivity contribution >= 4 is 11.8 Å². The number of aryl methyl sites for hydroxylation is 1. The minimum atomic E-state index is -0.324. The number of hydrogen-bond donors (Lipinski definition) is 1. The summed E-state index contributed by atoms with van der Waals surface area (Å²) < 4.78 is 19.8. The van der Waals surface area contributed by atoms with Crippen LogP contribution in [0.15, 0.2) is 36.5 Å². The topological polar surface area (TPSA) is 71.5 Å². The van der Waals surface area contributed by atoms with Gasteiger partial charge in [-0.15, -0.1) is 0 Å². The zero-order valence-corrected chi connectivity index (χ0v) is 16.4. The van der Waals surface area contributed by atoms with Gasteiger partial charge in [0, 0.05) is 50.8 Å². The third-order valence-corrected chi connectivity index (χ3v) is 5.87. The van der Waals surface area contributed by atoms with E-state index in [-0.39, 0.29) is 29.7 Å². The average molecular weight is 397 g/mol. The lowest BCUT2D eigenvalue weighted by Crippen LogP contribution is -2.51. The number of benzene rings is 1. The van der Waals surface area contributed by atoms with Gasteiger partial charge in [0.1, 0.15) is 17.2 Å². The Hall–Kier alpha value is -2.96. The van der Waals surface area contributed by atoms with Crippen molar-refractivity contribution in [3.63, 3.8) is 0 Å². The van der Waals surface area contributed by atoms with Gasteiger partial charge in [-0.05, 0) is 36.6 Å². The predicted octanol–water partition coefficient (Wildman–Crippen LogP) is 2.51. The molecule has 1 saturated heterocycles. The summed E-state index contributed by atoms with van der Waals surface area (Å²) >= 11 is 0. The van der Waals surface area contributed by atoms with Gasteiger partial charge >= 0.3 is 0 Å². The first-order chi connectivity index (χ1) is 14.0. The lowest BCUT2D eigenvalue weighted by Gasteiger charge is -2.44. The summed E-state index contributed by atoms with van der Waals surface area (Å²) in [5.74, 6) is 0.127. The average Bonchev–Trinajstić information content (AvgIpc) is 2.73. The lowest BCUT2D eigenvalue weighted by atomic mass is 9.83. The van der Waals surface area contributed by atoms with E-state index in [1.807, 2.05) is 4.90 Å². The molecule has 1 aromatic heterocycles. The number of rotatable bonds is 3. The molecule has 4 rings (SSSR count). The van der Waals surface area contributed by atoms with Gasteiger partial charge < -0.3 is 15.0 Å². The number of amides is 2. The van der Waals surface area contributed by atoms with Gasteiger partial charge in [0.05, 0.1) is 12.1 Å². The highest BCUT2D eigenvalue weighted by atomic mass is 19.1. The summed E-state index contributed by atoms with van der Waals surface area (Å²) in [7, 11) is 1.57. The van der Waals surface area contributed by atoms with Crippen LogP contribution in [0.1, 0.15) is 40.9 Å². The molecule has 0 atom stereocenters. The van der Waals surface area contributed by atoms with Crippen molar-refractivity contribution in [2.24, 2.45) is 0 Å². The molecule has 2 amide bonds. The number of nitrogens with one attached hydrogen (secondary N) is 1. The van der Waals surface area contributed by atoms with Gasteiger partial charge in [-0.2, -0.15) is 0 Å². The number of ether oxygens (including phenoxy) is 1. The molecule has 2 aliphatic heterocycles. The van der Waals surface area contributed by atoms with Crippen LogP contribution in [0.2, 0.25) is 0 Å². The number of likely N-dealkylation sites (tertiary alicyclic amines) is 1. The fraction of sp³-hybridized carbons (Fsp3) is 0.409. The first-order valence-corrected chi connectivity index (χ1v) is 9.90. The summed E-state index contributed by atoms with van der Waals surface area (Å²) in [6.45, 7) is 1.19. The maximum atomic E-state index is 13.6. The smallest absolute Gasteiger partial charge is 0.251 e. The second-order valence-electron chi connectivity index (χ2n) is 7.71. The minimum absolute atomic E-state index is 0.0105. The summed E-state index contributed by atoms with van der Waals surface area (Å²) in [4.78, 5) is 30.5. The number of halogens is 1. The van der Waals surface area contributed by atoms with E-state index in [1.165, 1.54) is 12.1 Å². The van der Waals surface area contributed by atoms with Crippen molar-refractivity contribution in [3.8, 4) is 5.75 Å². The van der Waals surface area contributed by atoms with Crippen LogP contribution in [0.25, 0.3) is 0 Å². The molecule has 6 nitrogen and oxygen atoms in total. The molecule has 3 heterocycles. The first-order valence-electron chi connectivity index (χ1n) is 9.90. The Morgan fingerprint density at radius 3 is 2.76 bits per heavy atom.